The van der Waals surface area contributed by atoms with Crippen LogP contribution in [0.3, 0.4) is 0 Å². The highest BCUT2D eigenvalue weighted by atomic mass is 14.2. The Morgan fingerprint density at radius 3 is 2.39 bits per heavy atom. The maximum absolute atomic E-state index is 4.15. The Labute approximate surface area is 112 Å². The van der Waals surface area contributed by atoms with Crippen LogP contribution in [0.4, 0.5) is 0 Å². The van der Waals surface area contributed by atoms with E-state index in [1.807, 2.05) is 0 Å². The van der Waals surface area contributed by atoms with E-state index in [0.29, 0.717) is 5.92 Å². The van der Waals surface area contributed by atoms with Crippen molar-refractivity contribution in [3.8, 4) is 0 Å². The van der Waals surface area contributed by atoms with Gasteiger partial charge in [0.2, 0.25) is 0 Å². The standard InChI is InChI=1S/C18H26/c1-6-18(4,5)13-12-17(15(2)3)14-16-10-8-7-9-11-16/h6-11,17H,1-2,12-14H2,3-5H3/t17-/m0/s1. The van der Waals surface area contributed by atoms with E-state index >= 15 is 0 Å². The van der Waals surface area contributed by atoms with E-state index in [2.05, 4.69) is 70.3 Å². The average molecular weight is 242 g/mol. The summed E-state index contributed by atoms with van der Waals surface area (Å²) in [5.74, 6) is 0.576. The molecular formula is C18H26. The summed E-state index contributed by atoms with van der Waals surface area (Å²) in [4.78, 5) is 0. The van der Waals surface area contributed by atoms with Crippen molar-refractivity contribution in [3.63, 3.8) is 0 Å². The molecule has 1 aromatic carbocycles. The molecule has 0 bridgehead atoms. The second kappa shape index (κ2) is 6.58. The molecule has 0 saturated carbocycles. The molecule has 0 radical (unpaired) electrons. The van der Waals surface area contributed by atoms with Crippen LogP contribution in [0, 0.1) is 11.3 Å². The number of benzene rings is 1. The second-order valence-corrected chi connectivity index (χ2v) is 5.96. The lowest BCUT2D eigenvalue weighted by molar-refractivity contribution is 0.380. The maximum Gasteiger partial charge on any atom is -0.0168 e. The summed E-state index contributed by atoms with van der Waals surface area (Å²) in [5.41, 5.74) is 2.92. The molecule has 0 aliphatic rings. The van der Waals surface area contributed by atoms with Gasteiger partial charge in [-0.1, -0.05) is 62.4 Å². The molecule has 0 aromatic heterocycles. The van der Waals surface area contributed by atoms with Crippen molar-refractivity contribution in [2.24, 2.45) is 11.3 Å². The highest BCUT2D eigenvalue weighted by Crippen LogP contribution is 2.29. The van der Waals surface area contributed by atoms with Crippen LogP contribution in [0.1, 0.15) is 39.2 Å². The lowest BCUT2D eigenvalue weighted by Gasteiger charge is -2.24. The molecule has 0 amide bonds. The first kappa shape index (κ1) is 14.8. The highest BCUT2D eigenvalue weighted by Gasteiger charge is 2.17. The lowest BCUT2D eigenvalue weighted by Crippen LogP contribution is -2.13. The monoisotopic (exact) mass is 242 g/mol. The predicted molar refractivity (Wildman–Crippen MR) is 81.7 cm³/mol. The Kier molecular flexibility index (Phi) is 5.40. The minimum Gasteiger partial charge on any atom is -0.103 e. The molecule has 98 valence electrons. The molecule has 0 aliphatic carbocycles. The molecule has 1 atom stereocenters. The third kappa shape index (κ3) is 4.91. The summed E-state index contributed by atoms with van der Waals surface area (Å²) >= 11 is 0. The summed E-state index contributed by atoms with van der Waals surface area (Å²) < 4.78 is 0. The molecule has 0 N–H and O–H groups in total. The summed E-state index contributed by atoms with van der Waals surface area (Å²) in [7, 11) is 0. The van der Waals surface area contributed by atoms with Crippen LogP contribution in [0.2, 0.25) is 0 Å². The van der Waals surface area contributed by atoms with Gasteiger partial charge in [-0.25, -0.2) is 0 Å². The molecule has 0 saturated heterocycles. The van der Waals surface area contributed by atoms with Crippen molar-refractivity contribution in [2.45, 2.75) is 40.0 Å². The van der Waals surface area contributed by atoms with Crippen molar-refractivity contribution in [1.29, 1.82) is 0 Å². The molecule has 18 heavy (non-hydrogen) atoms. The first-order valence-electron chi connectivity index (χ1n) is 6.77. The van der Waals surface area contributed by atoms with Crippen LogP contribution in [0.25, 0.3) is 0 Å². The van der Waals surface area contributed by atoms with E-state index < -0.39 is 0 Å². The fourth-order valence-corrected chi connectivity index (χ4v) is 2.07. The van der Waals surface area contributed by atoms with Gasteiger partial charge < -0.3 is 0 Å². The van der Waals surface area contributed by atoms with Gasteiger partial charge in [0.1, 0.15) is 0 Å². The summed E-state index contributed by atoms with van der Waals surface area (Å²) in [6.07, 6.45) is 5.51. The quantitative estimate of drug-likeness (QED) is 0.560. The van der Waals surface area contributed by atoms with Gasteiger partial charge in [-0.3, -0.25) is 0 Å². The smallest absolute Gasteiger partial charge is 0.0168 e. The molecule has 0 nitrogen and oxygen atoms in total. The van der Waals surface area contributed by atoms with Gasteiger partial charge in [-0.2, -0.15) is 0 Å². The largest absolute Gasteiger partial charge is 0.103 e. The van der Waals surface area contributed by atoms with Crippen molar-refractivity contribution in [3.05, 3.63) is 60.7 Å². The van der Waals surface area contributed by atoms with E-state index in [4.69, 9.17) is 0 Å². The molecular weight excluding hydrogens is 216 g/mol. The van der Waals surface area contributed by atoms with E-state index in [1.54, 1.807) is 0 Å². The topological polar surface area (TPSA) is 0 Å². The zero-order valence-electron chi connectivity index (χ0n) is 12.1. The summed E-state index contributed by atoms with van der Waals surface area (Å²) in [5, 5.41) is 0. The Bertz CT molecular complexity index is 384. The first-order chi connectivity index (χ1) is 8.44. The molecule has 0 aliphatic heterocycles. The molecule has 0 heteroatoms. The zero-order valence-corrected chi connectivity index (χ0v) is 12.1. The third-order valence-corrected chi connectivity index (χ3v) is 3.71. The van der Waals surface area contributed by atoms with E-state index in [9.17, 15) is 0 Å². The van der Waals surface area contributed by atoms with E-state index in [1.165, 1.54) is 24.0 Å². The van der Waals surface area contributed by atoms with Crippen LogP contribution in [0.5, 0.6) is 0 Å². The molecule has 1 rings (SSSR count). The van der Waals surface area contributed by atoms with E-state index in [0.717, 1.165) is 6.42 Å². The fraction of sp³-hybridized carbons (Fsp3) is 0.444. The van der Waals surface area contributed by atoms with Gasteiger partial charge in [-0.15, -0.1) is 6.58 Å². The summed E-state index contributed by atoms with van der Waals surface area (Å²) in [6, 6.07) is 10.7. The second-order valence-electron chi connectivity index (χ2n) is 5.96. The van der Waals surface area contributed by atoms with Gasteiger partial charge >= 0.3 is 0 Å². The molecule has 0 fully saturated rings. The van der Waals surface area contributed by atoms with Crippen molar-refractivity contribution >= 4 is 0 Å². The van der Waals surface area contributed by atoms with Gasteiger partial charge in [0.05, 0.1) is 0 Å². The Hall–Kier alpha value is -1.30. The van der Waals surface area contributed by atoms with Crippen LogP contribution in [0.15, 0.2) is 55.1 Å². The number of allylic oxidation sites excluding steroid dienone is 2. The van der Waals surface area contributed by atoms with Gasteiger partial charge in [-0.05, 0) is 43.1 Å². The van der Waals surface area contributed by atoms with Crippen LogP contribution >= 0.6 is 0 Å². The number of hydrogen-bond acceptors (Lipinski definition) is 0. The number of hydrogen-bond donors (Lipinski definition) is 0. The predicted octanol–water partition coefficient (Wildman–Crippen LogP) is 5.41. The maximum atomic E-state index is 4.15. The minimum atomic E-state index is 0.227. The Morgan fingerprint density at radius 2 is 1.89 bits per heavy atom. The van der Waals surface area contributed by atoms with Crippen molar-refractivity contribution < 1.29 is 0 Å². The first-order valence-corrected chi connectivity index (χ1v) is 6.77. The molecule has 0 unspecified atom stereocenters. The van der Waals surface area contributed by atoms with Gasteiger partial charge in [0, 0.05) is 0 Å². The molecule has 0 heterocycles. The zero-order chi connectivity index (χ0) is 13.6. The lowest BCUT2D eigenvalue weighted by atomic mass is 9.81. The Morgan fingerprint density at radius 1 is 1.28 bits per heavy atom. The van der Waals surface area contributed by atoms with Crippen molar-refractivity contribution in [2.75, 3.05) is 0 Å². The molecule has 0 spiro atoms. The van der Waals surface area contributed by atoms with Gasteiger partial charge in [0.25, 0.3) is 0 Å². The molecule has 1 aromatic rings. The number of rotatable bonds is 7. The average Bonchev–Trinajstić information content (AvgIpc) is 2.35. The summed E-state index contributed by atoms with van der Waals surface area (Å²) in [6.45, 7) is 14.7. The highest BCUT2D eigenvalue weighted by molar-refractivity contribution is 5.17. The Balaban J connectivity index is 2.61. The van der Waals surface area contributed by atoms with Gasteiger partial charge in [0.15, 0.2) is 0 Å². The van der Waals surface area contributed by atoms with E-state index in [-0.39, 0.29) is 5.41 Å². The fourth-order valence-electron chi connectivity index (χ4n) is 2.07. The third-order valence-electron chi connectivity index (χ3n) is 3.71. The van der Waals surface area contributed by atoms with Crippen LogP contribution in [-0.4, -0.2) is 0 Å². The van der Waals surface area contributed by atoms with Crippen LogP contribution in [-0.2, 0) is 6.42 Å². The van der Waals surface area contributed by atoms with Crippen LogP contribution < -0.4 is 0 Å². The normalized spacial score (nSPS) is 13.1. The SMILES string of the molecule is C=CC(C)(C)CC[C@@H](Cc1ccccc1)C(=C)C. The van der Waals surface area contributed by atoms with Crippen molar-refractivity contribution in [1.82, 2.24) is 0 Å². The minimum absolute atomic E-state index is 0.227.